The molecule has 0 aliphatic heterocycles. The lowest BCUT2D eigenvalue weighted by Gasteiger charge is -2.36. The normalized spacial score (nSPS) is 17.6. The van der Waals surface area contributed by atoms with Crippen molar-refractivity contribution in [1.29, 1.82) is 0 Å². The first-order chi connectivity index (χ1) is 16.5. The van der Waals surface area contributed by atoms with E-state index < -0.39 is 0 Å². The number of rotatable bonds is 7. The molecule has 4 rings (SSSR count). The van der Waals surface area contributed by atoms with Crippen molar-refractivity contribution in [3.8, 4) is 5.75 Å². The van der Waals surface area contributed by atoms with Gasteiger partial charge < -0.3 is 20.7 Å². The predicted octanol–water partition coefficient (Wildman–Crippen LogP) is 4.86. The van der Waals surface area contributed by atoms with Crippen LogP contribution in [-0.4, -0.2) is 35.9 Å². The van der Waals surface area contributed by atoms with Gasteiger partial charge >= 0.3 is 0 Å². The Balaban J connectivity index is 1.59. The molecular formula is C28H31N3O3. The summed E-state index contributed by atoms with van der Waals surface area (Å²) in [4.78, 5) is 28.4. The molecule has 1 saturated carbocycles. The summed E-state index contributed by atoms with van der Waals surface area (Å²) in [5.41, 5.74) is 8.88. The number of amides is 2. The molecule has 0 spiro atoms. The van der Waals surface area contributed by atoms with E-state index in [-0.39, 0.29) is 23.9 Å². The maximum absolute atomic E-state index is 13.5. The minimum Gasteiger partial charge on any atom is -0.497 e. The highest BCUT2D eigenvalue weighted by molar-refractivity contribution is 6.05. The van der Waals surface area contributed by atoms with Gasteiger partial charge in [-0.25, -0.2) is 0 Å². The van der Waals surface area contributed by atoms with Crippen molar-refractivity contribution in [2.75, 3.05) is 12.4 Å². The minimum absolute atomic E-state index is 0.00463. The number of benzene rings is 3. The lowest BCUT2D eigenvalue weighted by molar-refractivity contribution is 0.0607. The minimum atomic E-state index is -0.226. The van der Waals surface area contributed by atoms with E-state index in [0.29, 0.717) is 29.1 Å². The van der Waals surface area contributed by atoms with E-state index in [1.165, 1.54) is 0 Å². The molecule has 176 valence electrons. The smallest absolute Gasteiger partial charge is 0.255 e. The molecule has 2 amide bonds. The number of carbonyl (C=O) groups excluding carboxylic acids is 2. The van der Waals surface area contributed by atoms with Crippen molar-refractivity contribution in [2.24, 2.45) is 5.73 Å². The van der Waals surface area contributed by atoms with Gasteiger partial charge in [0.05, 0.1) is 7.11 Å². The number of anilines is 1. The fraction of sp³-hybridized carbons (Fsp3) is 0.286. The second-order valence-corrected chi connectivity index (χ2v) is 8.71. The summed E-state index contributed by atoms with van der Waals surface area (Å²) in [5.74, 6) is 0.391. The maximum atomic E-state index is 13.5. The second-order valence-electron chi connectivity index (χ2n) is 8.71. The standard InChI is InChI=1S/C28H31N3O3/c1-34-25-12-7-11-21(18-25)27(32)30-26-13-6-5-10-22(26)19-31(24-16-14-23(29)15-17-24)28(33)20-8-3-2-4-9-20/h2-13,18,23-24H,14-17,19,29H2,1H3,(H,30,32). The van der Waals surface area contributed by atoms with Crippen LogP contribution in [0.1, 0.15) is 52.0 Å². The van der Waals surface area contributed by atoms with Crippen LogP contribution in [0, 0.1) is 0 Å². The first-order valence-electron chi connectivity index (χ1n) is 11.7. The van der Waals surface area contributed by atoms with Gasteiger partial charge in [0.2, 0.25) is 0 Å². The molecule has 3 N–H and O–H groups in total. The van der Waals surface area contributed by atoms with Gasteiger partial charge in [-0.1, -0.05) is 42.5 Å². The van der Waals surface area contributed by atoms with Gasteiger partial charge in [0.15, 0.2) is 0 Å². The van der Waals surface area contributed by atoms with Gasteiger partial charge in [0, 0.05) is 35.4 Å². The van der Waals surface area contributed by atoms with Gasteiger partial charge in [-0.05, 0) is 67.6 Å². The number of methoxy groups -OCH3 is 1. The van der Waals surface area contributed by atoms with Gasteiger partial charge in [-0.2, -0.15) is 0 Å². The fourth-order valence-corrected chi connectivity index (χ4v) is 4.45. The Morgan fingerprint density at radius 1 is 0.912 bits per heavy atom. The van der Waals surface area contributed by atoms with E-state index in [0.717, 1.165) is 31.2 Å². The SMILES string of the molecule is COc1cccc(C(=O)Nc2ccccc2CN(C(=O)c2ccccc2)C2CCC(N)CC2)c1. The molecule has 0 unspecified atom stereocenters. The van der Waals surface area contributed by atoms with Crippen LogP contribution in [-0.2, 0) is 6.54 Å². The largest absolute Gasteiger partial charge is 0.497 e. The van der Waals surface area contributed by atoms with Gasteiger partial charge in [0.1, 0.15) is 5.75 Å². The van der Waals surface area contributed by atoms with Crippen LogP contribution in [0.4, 0.5) is 5.69 Å². The van der Waals surface area contributed by atoms with Crippen molar-refractivity contribution in [2.45, 2.75) is 44.3 Å². The summed E-state index contributed by atoms with van der Waals surface area (Å²) < 4.78 is 5.24. The molecule has 0 aromatic heterocycles. The van der Waals surface area contributed by atoms with Crippen molar-refractivity contribution < 1.29 is 14.3 Å². The molecule has 34 heavy (non-hydrogen) atoms. The Hall–Kier alpha value is -3.64. The van der Waals surface area contributed by atoms with Crippen LogP contribution in [0.5, 0.6) is 5.75 Å². The Bertz CT molecular complexity index is 1120. The molecule has 3 aromatic rings. The van der Waals surface area contributed by atoms with Crippen LogP contribution in [0.2, 0.25) is 0 Å². The number of hydrogen-bond acceptors (Lipinski definition) is 4. The van der Waals surface area contributed by atoms with Crippen LogP contribution in [0.3, 0.4) is 0 Å². The molecule has 0 radical (unpaired) electrons. The zero-order valence-electron chi connectivity index (χ0n) is 19.4. The van der Waals surface area contributed by atoms with E-state index in [1.54, 1.807) is 31.4 Å². The summed E-state index contributed by atoms with van der Waals surface area (Å²) in [6.07, 6.45) is 3.55. The average molecular weight is 458 g/mol. The van der Waals surface area contributed by atoms with Crippen molar-refractivity contribution in [1.82, 2.24) is 4.90 Å². The molecule has 0 bridgehead atoms. The summed E-state index contributed by atoms with van der Waals surface area (Å²) in [5, 5.41) is 3.02. The summed E-state index contributed by atoms with van der Waals surface area (Å²) >= 11 is 0. The van der Waals surface area contributed by atoms with Crippen LogP contribution in [0.25, 0.3) is 0 Å². The van der Waals surface area contributed by atoms with E-state index in [1.807, 2.05) is 59.5 Å². The number of hydrogen-bond donors (Lipinski definition) is 2. The maximum Gasteiger partial charge on any atom is 0.255 e. The lowest BCUT2D eigenvalue weighted by atomic mass is 9.90. The predicted molar refractivity (Wildman–Crippen MR) is 134 cm³/mol. The third-order valence-electron chi connectivity index (χ3n) is 6.40. The van der Waals surface area contributed by atoms with Gasteiger partial charge in [-0.15, -0.1) is 0 Å². The molecule has 0 heterocycles. The quantitative estimate of drug-likeness (QED) is 0.531. The Kier molecular flexibility index (Phi) is 7.60. The topological polar surface area (TPSA) is 84.7 Å². The molecule has 3 aromatic carbocycles. The molecule has 6 heteroatoms. The highest BCUT2D eigenvalue weighted by atomic mass is 16.5. The Labute approximate surface area is 200 Å². The fourth-order valence-electron chi connectivity index (χ4n) is 4.45. The Morgan fingerprint density at radius 3 is 2.32 bits per heavy atom. The highest BCUT2D eigenvalue weighted by Crippen LogP contribution is 2.28. The van der Waals surface area contributed by atoms with Crippen LogP contribution in [0.15, 0.2) is 78.9 Å². The van der Waals surface area contributed by atoms with Gasteiger partial charge in [0.25, 0.3) is 11.8 Å². The molecular weight excluding hydrogens is 426 g/mol. The molecule has 6 nitrogen and oxygen atoms in total. The zero-order valence-corrected chi connectivity index (χ0v) is 19.4. The zero-order chi connectivity index (χ0) is 23.9. The summed E-state index contributed by atoms with van der Waals surface area (Å²) in [6, 6.07) is 24.3. The second kappa shape index (κ2) is 11.0. The first kappa shape index (κ1) is 23.5. The number of nitrogens with two attached hydrogens (primary N) is 1. The van der Waals surface area contributed by atoms with Crippen LogP contribution >= 0.6 is 0 Å². The number of nitrogens with zero attached hydrogens (tertiary/aromatic N) is 1. The van der Waals surface area contributed by atoms with Crippen molar-refractivity contribution >= 4 is 17.5 Å². The summed E-state index contributed by atoms with van der Waals surface area (Å²) in [6.45, 7) is 0.405. The first-order valence-corrected chi connectivity index (χ1v) is 11.7. The van der Waals surface area contributed by atoms with E-state index in [2.05, 4.69) is 5.32 Å². The molecule has 0 saturated heterocycles. The average Bonchev–Trinajstić information content (AvgIpc) is 2.89. The Morgan fingerprint density at radius 2 is 1.59 bits per heavy atom. The van der Waals surface area contributed by atoms with Crippen molar-refractivity contribution in [3.05, 3.63) is 95.6 Å². The number of carbonyl (C=O) groups is 2. The van der Waals surface area contributed by atoms with E-state index in [9.17, 15) is 9.59 Å². The number of para-hydroxylation sites is 1. The van der Waals surface area contributed by atoms with Crippen molar-refractivity contribution in [3.63, 3.8) is 0 Å². The lowest BCUT2D eigenvalue weighted by Crippen LogP contribution is -2.44. The monoisotopic (exact) mass is 457 g/mol. The summed E-state index contributed by atoms with van der Waals surface area (Å²) in [7, 11) is 1.57. The molecule has 1 aliphatic carbocycles. The highest BCUT2D eigenvalue weighted by Gasteiger charge is 2.29. The van der Waals surface area contributed by atoms with Gasteiger partial charge in [-0.3, -0.25) is 9.59 Å². The number of nitrogens with one attached hydrogen (secondary N) is 1. The molecule has 1 aliphatic rings. The molecule has 0 atom stereocenters. The third-order valence-corrected chi connectivity index (χ3v) is 6.40. The third kappa shape index (κ3) is 5.64. The van der Waals surface area contributed by atoms with Crippen LogP contribution < -0.4 is 15.8 Å². The number of ether oxygens (including phenoxy) is 1. The molecule has 1 fully saturated rings. The van der Waals surface area contributed by atoms with E-state index in [4.69, 9.17) is 10.5 Å². The van der Waals surface area contributed by atoms with E-state index >= 15 is 0 Å².